The number of halogens is 1. The summed E-state index contributed by atoms with van der Waals surface area (Å²) >= 11 is 2.06. The highest BCUT2D eigenvalue weighted by Crippen LogP contribution is 2.23. The zero-order valence-electron chi connectivity index (χ0n) is 48.6. The summed E-state index contributed by atoms with van der Waals surface area (Å²) in [5, 5.41) is 12.3. The van der Waals surface area contributed by atoms with E-state index in [1.807, 2.05) is 108 Å². The van der Waals surface area contributed by atoms with E-state index in [-0.39, 0.29) is 16.7 Å². The molecule has 0 bridgehead atoms. The fourth-order valence-electron chi connectivity index (χ4n) is 7.97. The predicted molar refractivity (Wildman–Crippen MR) is 349 cm³/mol. The molecule has 416 valence electrons. The molecular formula is C63H71IN12O3Si2. The number of rotatable bonds is 11. The van der Waals surface area contributed by atoms with Crippen LogP contribution in [-0.4, -0.2) is 59.8 Å². The van der Waals surface area contributed by atoms with Crippen molar-refractivity contribution in [2.45, 2.75) is 119 Å². The Morgan fingerprint density at radius 3 is 1.14 bits per heavy atom. The Balaban J connectivity index is 0.000000186. The fourth-order valence-corrected chi connectivity index (χ4v) is 9.83. The number of hydrogen-bond donors (Lipinski definition) is 3. The Bertz CT molecular complexity index is 4040. The average molecular weight is 1230 g/mol. The van der Waals surface area contributed by atoms with Crippen LogP contribution in [0.3, 0.4) is 0 Å². The van der Waals surface area contributed by atoms with Crippen molar-refractivity contribution in [1.82, 2.24) is 43.6 Å². The van der Waals surface area contributed by atoms with Crippen molar-refractivity contribution in [3.05, 3.63) is 172 Å². The molecule has 0 spiro atoms. The molecule has 15 nitrogen and oxygen atoms in total. The maximum atomic E-state index is 12.9. The summed E-state index contributed by atoms with van der Waals surface area (Å²) in [6, 6.07) is 24.7. The lowest BCUT2D eigenvalue weighted by Crippen LogP contribution is -2.22. The first-order chi connectivity index (χ1) is 38.5. The number of aryl methyl sites for hydroxylation is 6. The van der Waals surface area contributed by atoms with Crippen LogP contribution < -0.4 is 32.6 Å². The third-order valence-corrected chi connectivity index (χ3v) is 15.4. The summed E-state index contributed by atoms with van der Waals surface area (Å²) < 4.78 is 5.93. The summed E-state index contributed by atoms with van der Waals surface area (Å²) in [6.45, 7) is 29.0. The highest BCUT2D eigenvalue weighted by Gasteiger charge is 2.14. The van der Waals surface area contributed by atoms with Gasteiger partial charge in [-0.1, -0.05) is 69.3 Å². The van der Waals surface area contributed by atoms with Gasteiger partial charge in [-0.2, -0.15) is 0 Å². The van der Waals surface area contributed by atoms with Crippen molar-refractivity contribution < 1.29 is 0 Å². The van der Waals surface area contributed by atoms with Gasteiger partial charge in [0.15, 0.2) is 0 Å². The summed E-state index contributed by atoms with van der Waals surface area (Å²) in [4.78, 5) is 63.9. The molecule has 0 amide bonds. The van der Waals surface area contributed by atoms with Crippen molar-refractivity contribution in [3.8, 4) is 36.0 Å². The first kappa shape index (κ1) is 62.0. The lowest BCUT2D eigenvalue weighted by molar-refractivity contribution is 0.755. The highest BCUT2D eigenvalue weighted by molar-refractivity contribution is 14.1. The fraction of sp³-hybridized carbons (Fsp3) is 0.286. The summed E-state index contributed by atoms with van der Waals surface area (Å²) in [5.74, 6) is 18.8. The van der Waals surface area contributed by atoms with Gasteiger partial charge in [0.2, 0.25) is 0 Å². The minimum absolute atomic E-state index is 0.0289. The molecule has 0 aliphatic carbocycles. The smallest absolute Gasteiger partial charge is 0.266 e. The van der Waals surface area contributed by atoms with Gasteiger partial charge < -0.3 is 29.7 Å². The minimum Gasteiger partial charge on any atom is -0.325 e. The Labute approximate surface area is 490 Å². The first-order valence-corrected chi connectivity index (χ1v) is 35.2. The third-order valence-electron chi connectivity index (χ3n) is 12.1. The standard InChI is InChI=1S/C22H26N4OSi.C19H18N4O.C16H15IN4O.C6H12Si/c1-6-26-19-13-21(25-20-10-9-16(2)14-23-20)24-15-18(19)12-17(22(26)27)8-7-11-28(3,4)5;1-4-6-14-9-15-12-21-18(10-16(15)23(5-2)19(14)24)22-17-8-7-13(3)11-20-17;1-3-21-13-7-15(20-14-5-4-10(2)8-18-14)19-9-11(13)6-12(17)16(21)22;1-5-6-7(2,3)4/h9-10,12-15H,6,11H2,1-5H3,(H,23,24,25);7-12H,5H2,1-3H3,(H,20,21,22);4-9H,3H2,1-2H3,(H,18,19,20);1H,6H2,2-4H3. The maximum absolute atomic E-state index is 12.9. The number of anilines is 6. The molecule has 81 heavy (non-hydrogen) atoms. The third kappa shape index (κ3) is 17.6. The largest absolute Gasteiger partial charge is 0.325 e. The van der Waals surface area contributed by atoms with E-state index in [4.69, 9.17) is 6.42 Å². The van der Waals surface area contributed by atoms with E-state index in [0.29, 0.717) is 57.6 Å². The number of hydrogen-bond acceptors (Lipinski definition) is 12. The van der Waals surface area contributed by atoms with Gasteiger partial charge >= 0.3 is 0 Å². The predicted octanol–water partition coefficient (Wildman–Crippen LogP) is 13.2. The van der Waals surface area contributed by atoms with E-state index < -0.39 is 16.1 Å². The molecule has 0 unspecified atom stereocenters. The van der Waals surface area contributed by atoms with Crippen molar-refractivity contribution in [3.63, 3.8) is 0 Å². The van der Waals surface area contributed by atoms with Gasteiger partial charge in [-0.25, -0.2) is 29.9 Å². The lowest BCUT2D eigenvalue weighted by Gasteiger charge is -2.12. The van der Waals surface area contributed by atoms with E-state index in [2.05, 4.69) is 137 Å². The number of pyridine rings is 9. The Morgan fingerprint density at radius 2 is 0.827 bits per heavy atom. The van der Waals surface area contributed by atoms with Crippen LogP contribution in [0.1, 0.15) is 55.5 Å². The second-order valence-electron chi connectivity index (χ2n) is 21.5. The zero-order chi connectivity index (χ0) is 59.0. The average Bonchev–Trinajstić information content (AvgIpc) is 3.55. The molecule has 0 aliphatic heterocycles. The topological polar surface area (TPSA) is 179 Å². The van der Waals surface area contributed by atoms with Gasteiger partial charge in [-0.15, -0.1) is 24.2 Å². The van der Waals surface area contributed by atoms with Gasteiger partial charge in [-0.05, 0) is 124 Å². The molecule has 9 aromatic heterocycles. The SMILES string of the molecule is C#CC[Si](C)(C)C.CC#Cc1cc2cnc(Nc3ccc(C)cn3)cc2n(CC)c1=O.CCn1c(=O)c(C#CC[Si](C)(C)C)cc2cnc(Nc3ccc(C)cn3)cc21.CCn1c(=O)c(I)cc2cnc(Nc3ccc(C)cn3)cc21. The summed E-state index contributed by atoms with van der Waals surface area (Å²) in [6.07, 6.45) is 15.8. The van der Waals surface area contributed by atoms with E-state index in [0.717, 1.165) is 73.1 Å². The number of aromatic nitrogens is 9. The molecule has 0 saturated carbocycles. The molecule has 3 N–H and O–H groups in total. The van der Waals surface area contributed by atoms with Gasteiger partial charge in [0.05, 0.1) is 47.4 Å². The van der Waals surface area contributed by atoms with E-state index in [1.54, 1.807) is 63.9 Å². The van der Waals surface area contributed by atoms with Crippen LogP contribution in [0.4, 0.5) is 34.9 Å². The molecule has 9 heterocycles. The van der Waals surface area contributed by atoms with Crippen LogP contribution in [0, 0.1) is 60.4 Å². The Kier molecular flexibility index (Phi) is 21.6. The first-order valence-electron chi connectivity index (χ1n) is 26.7. The molecule has 9 aromatic rings. The van der Waals surface area contributed by atoms with Crippen molar-refractivity contribution >= 4 is 106 Å². The van der Waals surface area contributed by atoms with E-state index >= 15 is 0 Å². The normalized spacial score (nSPS) is 10.8. The van der Waals surface area contributed by atoms with Crippen LogP contribution in [0.15, 0.2) is 124 Å². The molecule has 0 radical (unpaired) electrons. The number of terminal acetylenes is 1. The number of fused-ring (bicyclic) bond motifs is 3. The van der Waals surface area contributed by atoms with Crippen molar-refractivity contribution in [2.24, 2.45) is 0 Å². The van der Waals surface area contributed by atoms with E-state index in [1.165, 1.54) is 0 Å². The Morgan fingerprint density at radius 1 is 0.481 bits per heavy atom. The number of nitrogens with one attached hydrogen (secondary N) is 3. The van der Waals surface area contributed by atoms with Gasteiger partial charge in [-0.3, -0.25) is 14.4 Å². The van der Waals surface area contributed by atoms with Gasteiger partial charge in [0, 0.05) is 103 Å². The van der Waals surface area contributed by atoms with Crippen LogP contribution in [0.5, 0.6) is 0 Å². The van der Waals surface area contributed by atoms with Crippen LogP contribution in [0.25, 0.3) is 32.7 Å². The molecule has 0 aromatic carbocycles. The second kappa shape index (κ2) is 28.3. The summed E-state index contributed by atoms with van der Waals surface area (Å²) in [5.41, 5.74) is 6.77. The molecule has 18 heteroatoms. The lowest BCUT2D eigenvalue weighted by atomic mass is 10.2. The number of nitrogens with zero attached hydrogens (tertiary/aromatic N) is 9. The maximum Gasteiger partial charge on any atom is 0.266 e. The van der Waals surface area contributed by atoms with Gasteiger partial charge in [0.25, 0.3) is 16.7 Å². The van der Waals surface area contributed by atoms with Crippen LogP contribution in [0.2, 0.25) is 51.4 Å². The van der Waals surface area contributed by atoms with Crippen molar-refractivity contribution in [2.75, 3.05) is 16.0 Å². The molecule has 0 saturated heterocycles. The zero-order valence-corrected chi connectivity index (χ0v) is 52.8. The van der Waals surface area contributed by atoms with Crippen LogP contribution in [-0.2, 0) is 19.6 Å². The minimum atomic E-state index is -1.26. The molecule has 0 atom stereocenters. The molecule has 9 rings (SSSR count). The quantitative estimate of drug-likeness (QED) is 0.0635. The van der Waals surface area contributed by atoms with E-state index in [9.17, 15) is 14.4 Å². The Hall–Kier alpha value is -8.23. The van der Waals surface area contributed by atoms with Crippen LogP contribution >= 0.6 is 22.6 Å². The monoisotopic (exact) mass is 1230 g/mol. The second-order valence-corrected chi connectivity index (χ2v) is 33.6. The molecule has 0 fully saturated rings. The molecular weight excluding hydrogens is 1160 g/mol. The molecule has 0 aliphatic rings. The van der Waals surface area contributed by atoms with Crippen molar-refractivity contribution in [1.29, 1.82) is 0 Å². The highest BCUT2D eigenvalue weighted by atomic mass is 127. The van der Waals surface area contributed by atoms with Gasteiger partial charge in [0.1, 0.15) is 34.9 Å². The summed E-state index contributed by atoms with van der Waals surface area (Å²) in [7, 11) is -2.15.